The van der Waals surface area contributed by atoms with Gasteiger partial charge in [0.15, 0.2) is 0 Å². The predicted octanol–water partition coefficient (Wildman–Crippen LogP) is 1.03. The first-order chi connectivity index (χ1) is 10.6. The molecule has 0 saturated carbocycles. The summed E-state index contributed by atoms with van der Waals surface area (Å²) in [5.74, 6) is -1.19. The molecule has 22 heavy (non-hydrogen) atoms. The first-order valence-corrected chi connectivity index (χ1v) is 6.57. The minimum atomic E-state index is -0.693. The molecule has 1 aromatic rings. The molecular weight excluding hydrogens is 288 g/mol. The van der Waals surface area contributed by atoms with E-state index in [0.29, 0.717) is 5.56 Å². The number of urea groups is 1. The highest BCUT2D eigenvalue weighted by Crippen LogP contribution is 2.28. The Kier molecular flexibility index (Phi) is 4.77. The van der Waals surface area contributed by atoms with Crippen LogP contribution in [0.3, 0.4) is 0 Å². The van der Waals surface area contributed by atoms with Gasteiger partial charge in [-0.1, -0.05) is 30.3 Å². The summed E-state index contributed by atoms with van der Waals surface area (Å²) in [4.78, 5) is 35.4. The largest absolute Gasteiger partial charge is 0.469 e. The fourth-order valence-electron chi connectivity index (χ4n) is 2.22. The Balaban J connectivity index is 2.50. The maximum absolute atomic E-state index is 12.1. The normalized spacial score (nSPS) is 17.4. The molecule has 0 bridgehead atoms. The van der Waals surface area contributed by atoms with E-state index in [4.69, 9.17) is 4.74 Å². The first-order valence-electron chi connectivity index (χ1n) is 6.57. The van der Waals surface area contributed by atoms with Crippen molar-refractivity contribution in [2.75, 3.05) is 14.2 Å². The van der Waals surface area contributed by atoms with Gasteiger partial charge in [-0.15, -0.1) is 0 Å². The highest BCUT2D eigenvalue weighted by atomic mass is 16.5. The van der Waals surface area contributed by atoms with E-state index in [9.17, 15) is 14.4 Å². The summed E-state index contributed by atoms with van der Waals surface area (Å²) in [5.41, 5.74) is 1.06. The third-order valence-electron chi connectivity index (χ3n) is 3.24. The summed E-state index contributed by atoms with van der Waals surface area (Å²) in [7, 11) is 2.47. The van der Waals surface area contributed by atoms with Crippen LogP contribution in [0.15, 0.2) is 41.6 Å². The van der Waals surface area contributed by atoms with Gasteiger partial charge in [-0.3, -0.25) is 4.79 Å². The van der Waals surface area contributed by atoms with Gasteiger partial charge in [0.25, 0.3) is 0 Å². The van der Waals surface area contributed by atoms with Gasteiger partial charge >= 0.3 is 18.0 Å². The van der Waals surface area contributed by atoms with Crippen molar-refractivity contribution < 1.29 is 23.9 Å². The van der Waals surface area contributed by atoms with Crippen LogP contribution in [0.25, 0.3) is 0 Å². The predicted molar refractivity (Wildman–Crippen MR) is 76.5 cm³/mol. The molecule has 0 aliphatic carbocycles. The Hall–Kier alpha value is -2.83. The molecule has 1 aliphatic rings. The van der Waals surface area contributed by atoms with Crippen LogP contribution in [-0.2, 0) is 19.1 Å². The van der Waals surface area contributed by atoms with Crippen molar-refractivity contribution in [3.05, 3.63) is 47.2 Å². The zero-order chi connectivity index (χ0) is 16.1. The van der Waals surface area contributed by atoms with Crippen LogP contribution in [-0.4, -0.2) is 32.2 Å². The summed E-state index contributed by atoms with van der Waals surface area (Å²) < 4.78 is 9.38. The van der Waals surface area contributed by atoms with Crippen molar-refractivity contribution in [1.82, 2.24) is 10.6 Å². The lowest BCUT2D eigenvalue weighted by Gasteiger charge is -2.28. The third-order valence-corrected chi connectivity index (χ3v) is 3.24. The monoisotopic (exact) mass is 304 g/mol. The van der Waals surface area contributed by atoms with Crippen LogP contribution in [0.2, 0.25) is 0 Å². The van der Waals surface area contributed by atoms with Crippen LogP contribution >= 0.6 is 0 Å². The Morgan fingerprint density at radius 3 is 2.41 bits per heavy atom. The van der Waals surface area contributed by atoms with E-state index in [1.807, 2.05) is 6.07 Å². The Morgan fingerprint density at radius 2 is 1.82 bits per heavy atom. The molecule has 1 aromatic carbocycles. The highest BCUT2D eigenvalue weighted by molar-refractivity contribution is 5.96. The number of esters is 2. The molecule has 1 aliphatic heterocycles. The van der Waals surface area contributed by atoms with Gasteiger partial charge < -0.3 is 20.1 Å². The molecule has 1 atom stereocenters. The molecule has 7 heteroatoms. The molecule has 1 unspecified atom stereocenters. The second-order valence-electron chi connectivity index (χ2n) is 4.58. The van der Waals surface area contributed by atoms with Crippen LogP contribution in [0.5, 0.6) is 0 Å². The number of carbonyl (C=O) groups is 3. The average Bonchev–Trinajstić information content (AvgIpc) is 2.54. The summed E-state index contributed by atoms with van der Waals surface area (Å²) in [6, 6.07) is 7.76. The van der Waals surface area contributed by atoms with Crippen LogP contribution in [0, 0.1) is 0 Å². The van der Waals surface area contributed by atoms with Gasteiger partial charge in [-0.25, -0.2) is 9.59 Å². The van der Waals surface area contributed by atoms with E-state index < -0.39 is 24.0 Å². The van der Waals surface area contributed by atoms with Crippen molar-refractivity contribution in [3.8, 4) is 0 Å². The molecule has 1 heterocycles. The van der Waals surface area contributed by atoms with Gasteiger partial charge in [0.1, 0.15) is 0 Å². The molecule has 7 nitrogen and oxygen atoms in total. The number of ether oxygens (including phenoxy) is 2. The molecule has 0 radical (unpaired) electrons. The van der Waals surface area contributed by atoms with E-state index >= 15 is 0 Å². The smallest absolute Gasteiger partial charge is 0.337 e. The molecule has 0 fully saturated rings. The summed E-state index contributed by atoms with van der Waals surface area (Å²) in [5, 5.41) is 5.13. The standard InChI is InChI=1S/C15H16N2O5/c1-21-11(18)8-10-12(14(19)22-2)13(17-15(20)16-10)9-6-4-3-5-7-9/h3-7,13H,8H2,1-2H3,(H2,16,17,20). The van der Waals surface area contributed by atoms with E-state index in [1.54, 1.807) is 24.3 Å². The van der Waals surface area contributed by atoms with Gasteiger partial charge in [0.2, 0.25) is 0 Å². The zero-order valence-electron chi connectivity index (χ0n) is 12.2. The number of rotatable bonds is 4. The van der Waals surface area contributed by atoms with Gasteiger partial charge in [0, 0.05) is 5.70 Å². The zero-order valence-corrected chi connectivity index (χ0v) is 12.2. The molecule has 2 amide bonds. The van der Waals surface area contributed by atoms with Crippen molar-refractivity contribution in [2.24, 2.45) is 0 Å². The molecule has 0 aromatic heterocycles. The Bertz CT molecular complexity index is 624. The Labute approximate surface area is 127 Å². The molecule has 2 N–H and O–H groups in total. The van der Waals surface area contributed by atoms with E-state index in [2.05, 4.69) is 15.4 Å². The number of benzene rings is 1. The van der Waals surface area contributed by atoms with Gasteiger partial charge in [-0.05, 0) is 5.56 Å². The van der Waals surface area contributed by atoms with Crippen molar-refractivity contribution in [1.29, 1.82) is 0 Å². The third kappa shape index (κ3) is 3.25. The van der Waals surface area contributed by atoms with Crippen molar-refractivity contribution in [2.45, 2.75) is 12.5 Å². The van der Waals surface area contributed by atoms with E-state index in [-0.39, 0.29) is 17.7 Å². The lowest BCUT2D eigenvalue weighted by molar-refractivity contribution is -0.139. The number of hydrogen-bond acceptors (Lipinski definition) is 5. The minimum Gasteiger partial charge on any atom is -0.469 e. The lowest BCUT2D eigenvalue weighted by Crippen LogP contribution is -2.46. The summed E-state index contributed by atoms with van der Waals surface area (Å²) in [6.07, 6.45) is -0.225. The number of hydrogen-bond donors (Lipinski definition) is 2. The Morgan fingerprint density at radius 1 is 1.14 bits per heavy atom. The highest BCUT2D eigenvalue weighted by Gasteiger charge is 2.34. The van der Waals surface area contributed by atoms with Crippen molar-refractivity contribution >= 4 is 18.0 Å². The number of carbonyl (C=O) groups excluding carboxylic acids is 3. The van der Waals surface area contributed by atoms with Crippen molar-refractivity contribution in [3.63, 3.8) is 0 Å². The fourth-order valence-corrected chi connectivity index (χ4v) is 2.22. The van der Waals surface area contributed by atoms with Crippen LogP contribution in [0.4, 0.5) is 4.79 Å². The SMILES string of the molecule is COC(=O)CC1=C(C(=O)OC)C(c2ccccc2)NC(=O)N1. The average molecular weight is 304 g/mol. The molecule has 116 valence electrons. The second kappa shape index (κ2) is 6.75. The van der Waals surface area contributed by atoms with Gasteiger partial charge in [-0.2, -0.15) is 0 Å². The lowest BCUT2D eigenvalue weighted by atomic mass is 9.94. The number of amides is 2. The summed E-state index contributed by atoms with van der Waals surface area (Å²) in [6.45, 7) is 0. The van der Waals surface area contributed by atoms with Crippen LogP contribution < -0.4 is 10.6 Å². The molecule has 0 saturated heterocycles. The molecule has 0 spiro atoms. The fraction of sp³-hybridized carbons (Fsp3) is 0.267. The van der Waals surface area contributed by atoms with Gasteiger partial charge in [0.05, 0.1) is 32.3 Å². The maximum Gasteiger partial charge on any atom is 0.337 e. The van der Waals surface area contributed by atoms with Crippen LogP contribution in [0.1, 0.15) is 18.0 Å². The minimum absolute atomic E-state index is 0.177. The summed E-state index contributed by atoms with van der Waals surface area (Å²) >= 11 is 0. The van der Waals surface area contributed by atoms with E-state index in [0.717, 1.165) is 0 Å². The topological polar surface area (TPSA) is 93.7 Å². The molecular formula is C15H16N2O5. The quantitative estimate of drug-likeness (QED) is 0.810. The maximum atomic E-state index is 12.1. The number of methoxy groups -OCH3 is 2. The van der Waals surface area contributed by atoms with E-state index in [1.165, 1.54) is 14.2 Å². The number of nitrogens with one attached hydrogen (secondary N) is 2. The second-order valence-corrected chi connectivity index (χ2v) is 4.58. The molecule has 2 rings (SSSR count). The first kappa shape index (κ1) is 15.6.